The van der Waals surface area contributed by atoms with Crippen LogP contribution in [0.4, 0.5) is 45.5 Å². The van der Waals surface area contributed by atoms with Crippen molar-refractivity contribution in [2.75, 3.05) is 57.6 Å². The third-order valence-corrected chi connectivity index (χ3v) is 21.4. The second-order valence-corrected chi connectivity index (χ2v) is 30.6. The van der Waals surface area contributed by atoms with Gasteiger partial charge >= 0.3 is 40.2 Å². The van der Waals surface area contributed by atoms with Gasteiger partial charge in [0.05, 0.1) is 11.4 Å². The fourth-order valence-corrected chi connectivity index (χ4v) is 15.5. The smallest absolute Gasteiger partial charge is 0.510 e. The molecular formula is C110H98Ir3N12-4. The number of aryl methyl sites for hydroxylation is 8. The average Bonchev–Trinajstić information content (AvgIpc) is 1.78. The molecule has 0 saturated heterocycles. The van der Waals surface area contributed by atoms with Gasteiger partial charge in [0, 0.05) is 54.2 Å². The summed E-state index contributed by atoms with van der Waals surface area (Å²) in [5.74, 6) is 0. The minimum Gasteiger partial charge on any atom is -0.510 e. The standard InChI is InChI=1S/C26H20N2.2C24H22N2.C14H12N2.2C11H11N2.3Ir/c1-27-19-28(26-10-6-5-9-25(26)27)24-17-15-23(16-18-24)22-13-11-21(12-14-22)20-7-3-2-4-8-20;2*1-18-15-22(20-7-5-4-6-8-20)16-19(2)24(18)21-9-11-23(12-10-21)26-14-13-25(3)17-26;1-15-11-16(12-7-3-2-4-8-12)14-10-6-5-9-13(14)15;2*1-9-8-10(2)13(12-9)11-6-4-3-5-7-11;;;/h2-17,19H,1H3;2*4-11,13-17H,1-3H3;2-7,9-11H,1H3;2*3-6,8H,1-2H3;;;/q4*-2;2*-1;;2*+3. The van der Waals surface area contributed by atoms with E-state index >= 15 is 0 Å². The number of nitrogens with zero attached hydrogens (tertiary/aromatic N) is 12. The first kappa shape index (κ1) is 91.5. The fourth-order valence-electron chi connectivity index (χ4n) is 15.5. The molecule has 0 saturated carbocycles. The zero-order valence-corrected chi connectivity index (χ0v) is 79.3. The predicted octanol–water partition coefficient (Wildman–Crippen LogP) is 25.9. The van der Waals surface area contributed by atoms with Crippen LogP contribution in [0.2, 0.25) is 0 Å². The van der Waals surface area contributed by atoms with E-state index in [1.165, 1.54) is 112 Å². The first-order valence-corrected chi connectivity index (χ1v) is 41.0. The van der Waals surface area contributed by atoms with Crippen LogP contribution < -0.4 is 29.4 Å². The van der Waals surface area contributed by atoms with E-state index in [9.17, 15) is 0 Å². The maximum absolute atomic E-state index is 4.37. The van der Waals surface area contributed by atoms with E-state index in [0.717, 1.165) is 56.9 Å². The Balaban J connectivity index is 0.000000139. The number of hydrogen-bond acceptors (Lipinski definition) is 10. The molecule has 0 N–H and O–H groups in total. The van der Waals surface area contributed by atoms with Gasteiger partial charge in [0.1, 0.15) is 0 Å². The molecule has 4 aliphatic heterocycles. The molecule has 629 valence electrons. The van der Waals surface area contributed by atoms with Gasteiger partial charge in [0.25, 0.3) is 0 Å². The van der Waals surface area contributed by atoms with E-state index in [1.807, 2.05) is 172 Å². The van der Waals surface area contributed by atoms with Crippen LogP contribution in [0.3, 0.4) is 0 Å². The molecule has 12 nitrogen and oxygen atoms in total. The van der Waals surface area contributed by atoms with E-state index in [1.54, 1.807) is 0 Å². The molecule has 0 amide bonds. The van der Waals surface area contributed by atoms with E-state index in [-0.39, 0.29) is 60.3 Å². The molecule has 6 heterocycles. The summed E-state index contributed by atoms with van der Waals surface area (Å²) in [6, 6.07) is 133. The Hall–Kier alpha value is -12.7. The Morgan fingerprint density at radius 1 is 0.256 bits per heavy atom. The summed E-state index contributed by atoms with van der Waals surface area (Å²) < 4.78 is 3.80. The third kappa shape index (κ3) is 22.5. The van der Waals surface area contributed by atoms with Crippen LogP contribution in [-0.2, 0) is 60.3 Å². The Bertz CT molecular complexity index is 5900. The second-order valence-electron chi connectivity index (χ2n) is 30.6. The molecule has 0 unspecified atom stereocenters. The number of hydrogen-bond donors (Lipinski definition) is 0. The van der Waals surface area contributed by atoms with Crippen LogP contribution in [0.5, 0.6) is 0 Å². The first-order chi connectivity index (χ1) is 59.4. The molecular weight excluding hydrogens is 2070 g/mol. The molecule has 0 fully saturated rings. The minimum absolute atomic E-state index is 0. The van der Waals surface area contributed by atoms with Crippen LogP contribution in [-0.4, -0.2) is 57.6 Å². The summed E-state index contributed by atoms with van der Waals surface area (Å²) in [5, 5.41) is 8.73. The molecule has 15 heteroatoms. The Labute approximate surface area is 780 Å². The molecule has 4 aliphatic rings. The van der Waals surface area contributed by atoms with Gasteiger partial charge in [-0.05, 0) is 190 Å². The Morgan fingerprint density at radius 3 is 0.872 bits per heavy atom. The zero-order chi connectivity index (χ0) is 84.6. The Kier molecular flexibility index (Phi) is 31.6. The summed E-state index contributed by atoms with van der Waals surface area (Å²) in [7, 11) is 8.17. The number of para-hydroxylation sites is 7. The van der Waals surface area contributed by atoms with Crippen molar-refractivity contribution < 1.29 is 60.3 Å². The monoisotopic (exact) mass is 2170 g/mol. The van der Waals surface area contributed by atoms with Crippen LogP contribution in [0, 0.1) is 118 Å². The maximum Gasteiger partial charge on any atom is 3.00 e. The van der Waals surface area contributed by atoms with Crippen molar-refractivity contribution in [1.29, 1.82) is 0 Å². The van der Waals surface area contributed by atoms with Crippen LogP contribution in [0.15, 0.2) is 352 Å². The normalized spacial score (nSPS) is 12.4. The first-order valence-electron chi connectivity index (χ1n) is 41.0. The largest absolute Gasteiger partial charge is 3.00 e. The van der Waals surface area contributed by atoms with Gasteiger partial charge in [-0.3, -0.25) is 9.36 Å². The predicted molar refractivity (Wildman–Crippen MR) is 506 cm³/mol. The number of benzene rings is 14. The molecule has 14 aromatic carbocycles. The van der Waals surface area contributed by atoms with E-state index in [0.29, 0.717) is 0 Å². The van der Waals surface area contributed by atoms with Gasteiger partial charge in [-0.1, -0.05) is 203 Å². The molecule has 0 bridgehead atoms. The zero-order valence-electron chi connectivity index (χ0n) is 72.2. The minimum atomic E-state index is 0. The van der Waals surface area contributed by atoms with Gasteiger partial charge < -0.3 is 39.2 Å². The molecule has 125 heavy (non-hydrogen) atoms. The number of fused-ring (bicyclic) bond motifs is 2. The van der Waals surface area contributed by atoms with Crippen molar-refractivity contribution in [1.82, 2.24) is 29.4 Å². The maximum atomic E-state index is 4.37. The molecule has 1 radical (unpaired) electrons. The third-order valence-electron chi connectivity index (χ3n) is 21.4. The summed E-state index contributed by atoms with van der Waals surface area (Å²) in [4.78, 5) is 16.8. The summed E-state index contributed by atoms with van der Waals surface area (Å²) in [6.07, 6.45) is 8.13. The summed E-state index contributed by atoms with van der Waals surface area (Å²) in [6.45, 7) is 25.1. The van der Waals surface area contributed by atoms with Crippen LogP contribution in [0.1, 0.15) is 45.0 Å². The van der Waals surface area contributed by atoms with Crippen LogP contribution in [0.25, 0.3) is 78.1 Å². The second kappa shape index (κ2) is 43.1. The van der Waals surface area contributed by atoms with Gasteiger partial charge in [-0.25, -0.2) is 0 Å². The van der Waals surface area contributed by atoms with Gasteiger partial charge in [-0.15, -0.1) is 69.8 Å². The topological polar surface area (TPSA) is 61.6 Å². The summed E-state index contributed by atoms with van der Waals surface area (Å²) in [5.41, 5.74) is 35.4. The molecule has 16 aromatic rings. The molecule has 0 spiro atoms. The quantitative estimate of drug-likeness (QED) is 0.111. The van der Waals surface area contributed by atoms with Crippen molar-refractivity contribution in [3.05, 3.63) is 460 Å². The number of rotatable bonds is 12. The van der Waals surface area contributed by atoms with Crippen molar-refractivity contribution in [2.24, 2.45) is 0 Å². The molecule has 2 aromatic heterocycles. The van der Waals surface area contributed by atoms with E-state index < -0.39 is 0 Å². The van der Waals surface area contributed by atoms with Crippen molar-refractivity contribution in [3.63, 3.8) is 0 Å². The Morgan fingerprint density at radius 2 is 0.552 bits per heavy atom. The SMILES string of the molecule is CN1[CH-]N(c2[c-]cc(-c3ccc(-c4ccccc4)cc3)cc2)c2ccccc21.CN1[CH-]N(c2[c-]cccc2)c2ccccc21.Cc1cc(-c2ccccc2)cc(C)c1-c1c[c-]c(N2C=CN(C)[CH-]2)cc1.Cc1cc(-c2ccccc2)cc(C)c1-c1c[c-]c(N2C=CN(C)[CH-]2)cc1.Cc1cc(C)n(-c2[c-]cccc2)n1.Cc1cc(C)n(-c2[c-]cccc2)n1.[Ir+3].[Ir+3].[Ir]. The molecule has 0 aliphatic carbocycles. The van der Waals surface area contributed by atoms with Gasteiger partial charge in [-0.2, -0.15) is 170 Å². The van der Waals surface area contributed by atoms with Crippen molar-refractivity contribution in [3.8, 4) is 78.1 Å². The average molecular weight is 2160 g/mol. The van der Waals surface area contributed by atoms with Crippen LogP contribution >= 0.6 is 0 Å². The van der Waals surface area contributed by atoms with Crippen molar-refractivity contribution in [2.45, 2.75) is 55.4 Å². The van der Waals surface area contributed by atoms with Crippen molar-refractivity contribution >= 4 is 45.5 Å². The molecule has 0 atom stereocenters. The van der Waals surface area contributed by atoms with Gasteiger partial charge in [0.2, 0.25) is 0 Å². The molecule has 20 rings (SSSR count). The summed E-state index contributed by atoms with van der Waals surface area (Å²) >= 11 is 0. The number of anilines is 8. The van der Waals surface area contributed by atoms with Gasteiger partial charge in [0.15, 0.2) is 0 Å². The van der Waals surface area contributed by atoms with E-state index in [4.69, 9.17) is 0 Å². The number of aromatic nitrogens is 4. The van der Waals surface area contributed by atoms with E-state index in [2.05, 4.69) is 386 Å². The fraction of sp³-hybridized carbons (Fsp3) is 0.109.